The van der Waals surface area contributed by atoms with Crippen LogP contribution in [-0.2, 0) is 17.8 Å². The van der Waals surface area contributed by atoms with Crippen LogP contribution in [0, 0.1) is 5.92 Å². The number of ether oxygens (including phenoxy) is 1. The first-order chi connectivity index (χ1) is 10.3. The minimum atomic E-state index is 0.512. The number of fused-ring (bicyclic) bond motifs is 1. The Morgan fingerprint density at radius 1 is 1.33 bits per heavy atom. The van der Waals surface area contributed by atoms with Gasteiger partial charge in [-0.15, -0.1) is 0 Å². The monoisotopic (exact) mass is 288 g/mol. The molecule has 1 fully saturated rings. The van der Waals surface area contributed by atoms with Crippen LogP contribution in [0.3, 0.4) is 0 Å². The van der Waals surface area contributed by atoms with Crippen molar-refractivity contribution >= 4 is 11.0 Å². The SMILES string of the molecule is CN(CCOCC1CC1)Cc1oc2ccccc2c1CN. The molecule has 0 saturated heterocycles. The molecule has 0 atom stereocenters. The van der Waals surface area contributed by atoms with Gasteiger partial charge in [-0.25, -0.2) is 0 Å². The van der Waals surface area contributed by atoms with E-state index < -0.39 is 0 Å². The lowest BCUT2D eigenvalue weighted by Gasteiger charge is -2.15. The highest BCUT2D eigenvalue weighted by atomic mass is 16.5. The van der Waals surface area contributed by atoms with Crippen molar-refractivity contribution in [2.24, 2.45) is 11.7 Å². The van der Waals surface area contributed by atoms with Gasteiger partial charge in [0.1, 0.15) is 11.3 Å². The second-order valence-electron chi connectivity index (χ2n) is 5.96. The fourth-order valence-corrected chi connectivity index (χ4v) is 2.58. The first kappa shape index (κ1) is 14.6. The van der Waals surface area contributed by atoms with Crippen LogP contribution < -0.4 is 5.73 Å². The summed E-state index contributed by atoms with van der Waals surface area (Å²) >= 11 is 0. The van der Waals surface area contributed by atoms with Gasteiger partial charge < -0.3 is 14.9 Å². The van der Waals surface area contributed by atoms with Gasteiger partial charge in [0.2, 0.25) is 0 Å². The van der Waals surface area contributed by atoms with Crippen molar-refractivity contribution in [3.05, 3.63) is 35.6 Å². The molecule has 0 spiro atoms. The molecule has 2 aromatic rings. The second kappa shape index (κ2) is 6.60. The van der Waals surface area contributed by atoms with Crippen molar-refractivity contribution in [3.8, 4) is 0 Å². The van der Waals surface area contributed by atoms with Crippen LogP contribution in [0.1, 0.15) is 24.2 Å². The van der Waals surface area contributed by atoms with Gasteiger partial charge in [-0.1, -0.05) is 18.2 Å². The van der Waals surface area contributed by atoms with Crippen molar-refractivity contribution < 1.29 is 9.15 Å². The molecule has 0 radical (unpaired) electrons. The summed E-state index contributed by atoms with van der Waals surface area (Å²) in [7, 11) is 2.09. The van der Waals surface area contributed by atoms with Crippen molar-refractivity contribution in [1.82, 2.24) is 4.90 Å². The molecule has 1 aliphatic carbocycles. The van der Waals surface area contributed by atoms with E-state index >= 15 is 0 Å². The highest BCUT2D eigenvalue weighted by molar-refractivity contribution is 5.82. The average molecular weight is 288 g/mol. The molecular formula is C17H24N2O2. The van der Waals surface area contributed by atoms with Gasteiger partial charge in [-0.2, -0.15) is 0 Å². The first-order valence-electron chi connectivity index (χ1n) is 7.73. The lowest BCUT2D eigenvalue weighted by Crippen LogP contribution is -2.23. The van der Waals surface area contributed by atoms with E-state index in [0.717, 1.165) is 54.5 Å². The topological polar surface area (TPSA) is 51.6 Å². The Morgan fingerprint density at radius 2 is 2.14 bits per heavy atom. The summed E-state index contributed by atoms with van der Waals surface area (Å²) in [5.41, 5.74) is 7.94. The first-order valence-corrected chi connectivity index (χ1v) is 7.73. The molecule has 21 heavy (non-hydrogen) atoms. The number of benzene rings is 1. The maximum absolute atomic E-state index is 5.95. The Balaban J connectivity index is 1.57. The van der Waals surface area contributed by atoms with Gasteiger partial charge >= 0.3 is 0 Å². The molecule has 114 valence electrons. The van der Waals surface area contributed by atoms with Crippen LogP contribution >= 0.6 is 0 Å². The van der Waals surface area contributed by atoms with Crippen molar-refractivity contribution in [2.45, 2.75) is 25.9 Å². The Hall–Kier alpha value is -1.36. The largest absolute Gasteiger partial charge is 0.459 e. The van der Waals surface area contributed by atoms with Crippen molar-refractivity contribution in [2.75, 3.05) is 26.8 Å². The van der Waals surface area contributed by atoms with E-state index in [9.17, 15) is 0 Å². The summed E-state index contributed by atoms with van der Waals surface area (Å²) in [5, 5.41) is 1.13. The molecule has 4 nitrogen and oxygen atoms in total. The lowest BCUT2D eigenvalue weighted by molar-refractivity contribution is 0.100. The lowest BCUT2D eigenvalue weighted by atomic mass is 10.1. The van der Waals surface area contributed by atoms with Crippen LogP contribution in [-0.4, -0.2) is 31.7 Å². The van der Waals surface area contributed by atoms with Gasteiger partial charge in [0, 0.05) is 30.6 Å². The zero-order chi connectivity index (χ0) is 14.7. The maximum Gasteiger partial charge on any atom is 0.134 e. The van der Waals surface area contributed by atoms with Crippen molar-refractivity contribution in [3.63, 3.8) is 0 Å². The smallest absolute Gasteiger partial charge is 0.134 e. The maximum atomic E-state index is 5.95. The molecule has 1 aliphatic rings. The summed E-state index contributed by atoms with van der Waals surface area (Å²) in [5.74, 6) is 1.80. The molecule has 1 aromatic heterocycles. The number of nitrogens with two attached hydrogens (primary N) is 1. The van der Waals surface area contributed by atoms with Crippen molar-refractivity contribution in [1.29, 1.82) is 0 Å². The Kier molecular flexibility index (Phi) is 4.58. The third kappa shape index (κ3) is 3.64. The predicted molar refractivity (Wildman–Crippen MR) is 84.0 cm³/mol. The molecule has 0 bridgehead atoms. The molecule has 4 heteroatoms. The molecule has 3 rings (SSSR count). The number of hydrogen-bond acceptors (Lipinski definition) is 4. The van der Waals surface area contributed by atoms with E-state index in [4.69, 9.17) is 14.9 Å². The minimum absolute atomic E-state index is 0.512. The normalized spacial score (nSPS) is 15.2. The summed E-state index contributed by atoms with van der Waals surface area (Å²) in [4.78, 5) is 2.23. The van der Waals surface area contributed by atoms with E-state index in [-0.39, 0.29) is 0 Å². The van der Waals surface area contributed by atoms with Gasteiger partial charge in [-0.3, -0.25) is 4.90 Å². The predicted octanol–water partition coefficient (Wildman–Crippen LogP) is 2.75. The van der Waals surface area contributed by atoms with Crippen LogP contribution in [0.15, 0.2) is 28.7 Å². The van der Waals surface area contributed by atoms with E-state index in [1.54, 1.807) is 0 Å². The quantitative estimate of drug-likeness (QED) is 0.759. The van der Waals surface area contributed by atoms with E-state index in [2.05, 4.69) is 18.0 Å². The Morgan fingerprint density at radius 3 is 2.90 bits per heavy atom. The number of furan rings is 1. The standard InChI is InChI=1S/C17H24N2O2/c1-19(8-9-20-12-13-6-7-13)11-17-15(10-18)14-4-2-3-5-16(14)21-17/h2-5,13H,6-12,18H2,1H3. The molecule has 0 amide bonds. The second-order valence-corrected chi connectivity index (χ2v) is 5.96. The third-order valence-electron chi connectivity index (χ3n) is 4.07. The summed E-state index contributed by atoms with van der Waals surface area (Å²) in [6.45, 7) is 3.90. The number of para-hydroxylation sites is 1. The Bertz CT molecular complexity index is 589. The van der Waals surface area contributed by atoms with Crippen LogP contribution in [0.5, 0.6) is 0 Å². The molecule has 2 N–H and O–H groups in total. The molecule has 0 aliphatic heterocycles. The van der Waals surface area contributed by atoms with Crippen LogP contribution in [0.4, 0.5) is 0 Å². The third-order valence-corrected chi connectivity index (χ3v) is 4.07. The van der Waals surface area contributed by atoms with Gasteiger partial charge in [0.05, 0.1) is 13.2 Å². The fraction of sp³-hybridized carbons (Fsp3) is 0.529. The number of hydrogen-bond donors (Lipinski definition) is 1. The highest BCUT2D eigenvalue weighted by Crippen LogP contribution is 2.29. The zero-order valence-electron chi connectivity index (χ0n) is 12.7. The molecule has 1 saturated carbocycles. The molecule has 1 aromatic carbocycles. The average Bonchev–Trinajstić information content (AvgIpc) is 3.24. The highest BCUT2D eigenvalue weighted by Gasteiger charge is 2.21. The molecular weight excluding hydrogens is 264 g/mol. The van der Waals surface area contributed by atoms with Gasteiger partial charge in [0.25, 0.3) is 0 Å². The molecule has 1 heterocycles. The zero-order valence-corrected chi connectivity index (χ0v) is 12.7. The number of nitrogens with zero attached hydrogens (tertiary/aromatic N) is 1. The summed E-state index contributed by atoms with van der Waals surface area (Å²) < 4.78 is 11.6. The number of likely N-dealkylation sites (N-methyl/N-ethyl adjacent to an activating group) is 1. The fourth-order valence-electron chi connectivity index (χ4n) is 2.58. The number of rotatable bonds is 8. The summed E-state index contributed by atoms with van der Waals surface area (Å²) in [6, 6.07) is 8.08. The van der Waals surface area contributed by atoms with E-state index in [0.29, 0.717) is 6.54 Å². The summed E-state index contributed by atoms with van der Waals surface area (Å²) in [6.07, 6.45) is 2.68. The van der Waals surface area contributed by atoms with Gasteiger partial charge in [0.15, 0.2) is 0 Å². The van der Waals surface area contributed by atoms with Crippen LogP contribution in [0.2, 0.25) is 0 Å². The minimum Gasteiger partial charge on any atom is -0.459 e. The van der Waals surface area contributed by atoms with E-state index in [1.165, 1.54) is 12.8 Å². The van der Waals surface area contributed by atoms with Gasteiger partial charge in [-0.05, 0) is 31.9 Å². The van der Waals surface area contributed by atoms with E-state index in [1.807, 2.05) is 18.2 Å². The molecule has 0 unspecified atom stereocenters. The van der Waals surface area contributed by atoms with Crippen LogP contribution in [0.25, 0.3) is 11.0 Å². The Labute approximate surface area is 125 Å².